The van der Waals surface area contributed by atoms with Gasteiger partial charge in [-0.05, 0) is 118 Å². The van der Waals surface area contributed by atoms with Crippen LogP contribution in [-0.4, -0.2) is 136 Å². The number of amides is 7. The predicted molar refractivity (Wildman–Crippen MR) is 313 cm³/mol. The summed E-state index contributed by atoms with van der Waals surface area (Å²) < 4.78 is 39.8. The molecule has 0 radical (unpaired) electrons. The summed E-state index contributed by atoms with van der Waals surface area (Å²) >= 11 is 0. The second-order valence-electron chi connectivity index (χ2n) is 23.6. The van der Waals surface area contributed by atoms with Gasteiger partial charge in [0.15, 0.2) is 0 Å². The standard InChI is InChI=1S/C16H19NO5.2C16H17NO5.C16H21NO4/c3*1-16(2,3)22-15(20)17-12(9-13(18)21-4)10-7-5-6-8-11(10)14(17)19;1-16(2,3)21-15(19)17-10-11-7-5-6-8-12(11)13(17)9-14(18)20-4/h5-8,12H,9H2,1-4H3;2*5-9H,1-4H3;5-8,13H,9-10H2,1-4H3/b;12-9+;12-9-;. The fourth-order valence-corrected chi connectivity index (χ4v) is 8.88. The Kier molecular flexibility index (Phi) is 21.9. The van der Waals surface area contributed by atoms with Crippen molar-refractivity contribution in [1.29, 1.82) is 0 Å². The van der Waals surface area contributed by atoms with Crippen LogP contribution in [0.2, 0.25) is 0 Å². The van der Waals surface area contributed by atoms with Gasteiger partial charge < -0.3 is 37.9 Å². The van der Waals surface area contributed by atoms with E-state index >= 15 is 0 Å². The van der Waals surface area contributed by atoms with E-state index in [9.17, 15) is 52.7 Å². The van der Waals surface area contributed by atoms with E-state index in [-0.39, 0.29) is 36.2 Å². The van der Waals surface area contributed by atoms with Gasteiger partial charge in [-0.3, -0.25) is 28.9 Å². The summed E-state index contributed by atoms with van der Waals surface area (Å²) in [6.45, 7) is 21.2. The van der Waals surface area contributed by atoms with Gasteiger partial charge in [-0.2, -0.15) is 0 Å². The number of benzene rings is 4. The van der Waals surface area contributed by atoms with E-state index < -0.39 is 88.4 Å². The lowest BCUT2D eigenvalue weighted by Gasteiger charge is -2.28. The van der Waals surface area contributed by atoms with Gasteiger partial charge in [-0.25, -0.2) is 43.5 Å². The van der Waals surface area contributed by atoms with Crippen LogP contribution in [0.5, 0.6) is 0 Å². The lowest BCUT2D eigenvalue weighted by Crippen LogP contribution is -2.39. The van der Waals surface area contributed by atoms with E-state index in [1.807, 2.05) is 45.0 Å². The molecule has 0 saturated heterocycles. The quantitative estimate of drug-likeness (QED) is 0.0985. The molecule has 23 heteroatoms. The molecule has 0 fully saturated rings. The van der Waals surface area contributed by atoms with E-state index in [4.69, 9.17) is 23.7 Å². The maximum absolute atomic E-state index is 12.5. The number of hydrogen-bond donors (Lipinski definition) is 0. The molecular weight excluding hydrogens is 1130 g/mol. The first-order chi connectivity index (χ1) is 40.5. The molecule has 87 heavy (non-hydrogen) atoms. The van der Waals surface area contributed by atoms with E-state index in [0.717, 1.165) is 38.0 Å². The Labute approximate surface area is 505 Å². The lowest BCUT2D eigenvalue weighted by atomic mass is 10.0. The molecule has 0 bridgehead atoms. The van der Waals surface area contributed by atoms with Crippen molar-refractivity contribution in [3.05, 3.63) is 154 Å². The molecular formula is C64H74N4O19. The third-order valence-corrected chi connectivity index (χ3v) is 12.4. The summed E-state index contributed by atoms with van der Waals surface area (Å²) in [7, 11) is 5.06. The molecule has 0 aliphatic carbocycles. The molecule has 8 rings (SSSR count). The molecule has 0 aromatic heterocycles. The van der Waals surface area contributed by atoms with Crippen molar-refractivity contribution < 1.29 is 90.6 Å². The summed E-state index contributed by atoms with van der Waals surface area (Å²) in [6.07, 6.45) is -0.588. The van der Waals surface area contributed by atoms with Crippen LogP contribution in [-0.2, 0) is 63.6 Å². The first-order valence-corrected chi connectivity index (χ1v) is 27.3. The van der Waals surface area contributed by atoms with Crippen molar-refractivity contribution in [2.24, 2.45) is 0 Å². The van der Waals surface area contributed by atoms with Crippen LogP contribution in [0.3, 0.4) is 0 Å². The van der Waals surface area contributed by atoms with Crippen LogP contribution in [0.4, 0.5) is 19.2 Å². The molecule has 23 nitrogen and oxygen atoms in total. The molecule has 4 aliphatic heterocycles. The average Bonchev–Trinajstić information content (AvgIpc) is 1.71. The Balaban J connectivity index is 0.000000212. The van der Waals surface area contributed by atoms with Crippen molar-refractivity contribution in [1.82, 2.24) is 19.6 Å². The summed E-state index contributed by atoms with van der Waals surface area (Å²) in [5.74, 6) is -3.67. The Hall–Kier alpha value is -9.67. The van der Waals surface area contributed by atoms with Gasteiger partial charge in [0, 0.05) is 46.5 Å². The van der Waals surface area contributed by atoms with Gasteiger partial charge in [0.25, 0.3) is 17.7 Å². The molecule has 2 atom stereocenters. The first kappa shape index (κ1) is 68.1. The monoisotopic (exact) mass is 1200 g/mol. The van der Waals surface area contributed by atoms with Gasteiger partial charge >= 0.3 is 48.3 Å². The highest BCUT2D eigenvalue weighted by Gasteiger charge is 2.45. The maximum Gasteiger partial charge on any atom is 0.422 e. The maximum atomic E-state index is 12.5. The number of nitrogens with zero attached hydrogens (tertiary/aromatic N) is 4. The number of rotatable bonds is 6. The Bertz CT molecular complexity index is 3270. The van der Waals surface area contributed by atoms with Crippen LogP contribution >= 0.6 is 0 Å². The highest BCUT2D eigenvalue weighted by molar-refractivity contribution is 6.19. The lowest BCUT2D eigenvalue weighted by molar-refractivity contribution is -0.142. The van der Waals surface area contributed by atoms with Crippen molar-refractivity contribution in [2.45, 2.75) is 137 Å². The predicted octanol–water partition coefficient (Wildman–Crippen LogP) is 10.9. The minimum Gasteiger partial charge on any atom is -0.469 e. The molecule has 4 aliphatic rings. The number of fused-ring (bicyclic) bond motifs is 4. The van der Waals surface area contributed by atoms with Crippen LogP contribution in [0.25, 0.3) is 11.4 Å². The van der Waals surface area contributed by atoms with Crippen LogP contribution in [0.1, 0.15) is 167 Å². The van der Waals surface area contributed by atoms with E-state index in [1.165, 1.54) is 28.4 Å². The Morgan fingerprint density at radius 2 is 0.759 bits per heavy atom. The molecule has 0 saturated carbocycles. The zero-order valence-corrected chi connectivity index (χ0v) is 51.7. The summed E-state index contributed by atoms with van der Waals surface area (Å²) in [4.78, 5) is 137. The topological polar surface area (TPSA) is 275 Å². The number of carbonyl (C=O) groups is 11. The number of carbonyl (C=O) groups excluding carboxylic acids is 11. The minimum atomic E-state index is -0.830. The van der Waals surface area contributed by atoms with E-state index in [1.54, 1.807) is 140 Å². The zero-order chi connectivity index (χ0) is 65.1. The fraction of sp³-hybridized carbons (Fsp3) is 0.391. The van der Waals surface area contributed by atoms with Gasteiger partial charge in [-0.15, -0.1) is 0 Å². The molecule has 464 valence electrons. The van der Waals surface area contributed by atoms with Gasteiger partial charge in [0.2, 0.25) is 0 Å². The Morgan fingerprint density at radius 1 is 0.414 bits per heavy atom. The van der Waals surface area contributed by atoms with Gasteiger partial charge in [-0.1, -0.05) is 78.9 Å². The van der Waals surface area contributed by atoms with Crippen molar-refractivity contribution in [3.63, 3.8) is 0 Å². The van der Waals surface area contributed by atoms with E-state index in [2.05, 4.69) is 14.2 Å². The van der Waals surface area contributed by atoms with Crippen LogP contribution < -0.4 is 0 Å². The van der Waals surface area contributed by atoms with Crippen molar-refractivity contribution >= 4 is 77.4 Å². The molecule has 7 amide bonds. The second kappa shape index (κ2) is 28.0. The third-order valence-electron chi connectivity index (χ3n) is 12.4. The third kappa shape index (κ3) is 17.7. The van der Waals surface area contributed by atoms with Crippen molar-refractivity contribution in [2.75, 3.05) is 28.4 Å². The molecule has 4 heterocycles. The molecule has 0 spiro atoms. The molecule has 4 aromatic rings. The molecule has 4 aromatic carbocycles. The highest BCUT2D eigenvalue weighted by atomic mass is 16.6. The van der Waals surface area contributed by atoms with Gasteiger partial charge in [0.05, 0.1) is 64.8 Å². The minimum absolute atomic E-state index is 0.0987. The smallest absolute Gasteiger partial charge is 0.422 e. The number of esters is 4. The average molecular weight is 1200 g/mol. The largest absolute Gasteiger partial charge is 0.469 e. The highest BCUT2D eigenvalue weighted by Crippen LogP contribution is 2.40. The number of hydrogen-bond acceptors (Lipinski definition) is 19. The second-order valence-corrected chi connectivity index (χ2v) is 23.6. The van der Waals surface area contributed by atoms with E-state index in [0.29, 0.717) is 39.9 Å². The first-order valence-electron chi connectivity index (χ1n) is 27.3. The summed E-state index contributed by atoms with van der Waals surface area (Å²) in [5, 5.41) is 0. The van der Waals surface area contributed by atoms with Gasteiger partial charge in [0.1, 0.15) is 22.4 Å². The SMILES string of the molecule is COC(=O)/C=C1/c2ccccc2C(=O)N1C(=O)OC(C)(C)C.COC(=O)/C=C1\c2ccccc2C(=O)N1C(=O)OC(C)(C)C.COC(=O)CC1c2ccccc2C(=O)N1C(=O)OC(C)(C)C.COC(=O)CC1c2ccccc2CN1C(=O)OC(C)(C)C. The van der Waals surface area contributed by atoms with Crippen molar-refractivity contribution in [3.8, 4) is 0 Å². The number of ether oxygens (including phenoxy) is 8. The molecule has 2 unspecified atom stereocenters. The molecule has 0 N–H and O–H groups in total. The normalized spacial score (nSPS) is 16.5. The zero-order valence-electron chi connectivity index (χ0n) is 51.7. The number of methoxy groups -OCH3 is 4. The van der Waals surface area contributed by atoms with Crippen LogP contribution in [0, 0.1) is 0 Å². The summed E-state index contributed by atoms with van der Waals surface area (Å²) in [6, 6.07) is 26.8. The fourth-order valence-electron chi connectivity index (χ4n) is 8.88. The van der Waals surface area contributed by atoms with Crippen LogP contribution in [0.15, 0.2) is 109 Å². The Morgan fingerprint density at radius 3 is 1.16 bits per heavy atom. The number of imide groups is 3. The summed E-state index contributed by atoms with van der Waals surface area (Å²) in [5.41, 5.74) is 2.19.